The first-order valence-corrected chi connectivity index (χ1v) is 9.18. The molecule has 154 valence electrons. The molecular weight excluding hydrogens is 388 g/mol. The van der Waals surface area contributed by atoms with Gasteiger partial charge in [-0.2, -0.15) is 0 Å². The molecule has 0 aliphatic carbocycles. The molecule has 2 aromatic rings. The van der Waals surface area contributed by atoms with Crippen LogP contribution in [-0.2, 0) is 33.7 Å². The Morgan fingerprint density at radius 2 is 1.40 bits per heavy atom. The maximum atomic E-state index is 12.6. The molecule has 0 saturated carbocycles. The normalized spacial score (nSPS) is 10.3. The smallest absolute Gasteiger partial charge is 0.379 e. The Bertz CT molecular complexity index is 874. The molecule has 30 heavy (non-hydrogen) atoms. The molecule has 0 atom stereocenters. The van der Waals surface area contributed by atoms with Gasteiger partial charge in [-0.05, 0) is 30.0 Å². The predicted octanol–water partition coefficient (Wildman–Crippen LogP) is 3.09. The van der Waals surface area contributed by atoms with E-state index in [0.29, 0.717) is 24.0 Å². The van der Waals surface area contributed by atoms with Crippen LogP contribution < -0.4 is 0 Å². The molecule has 7 heteroatoms. The van der Waals surface area contributed by atoms with Gasteiger partial charge in [0, 0.05) is 12.2 Å². The number of carbonyl (C=O) groups excluding carboxylic acids is 4. The van der Waals surface area contributed by atoms with Crippen LogP contribution in [0, 0.1) is 0 Å². The van der Waals surface area contributed by atoms with Crippen LogP contribution in [0.2, 0.25) is 0 Å². The van der Waals surface area contributed by atoms with Crippen LogP contribution in [0.1, 0.15) is 29.9 Å². The Hall–Kier alpha value is -3.96. The minimum absolute atomic E-state index is 0.0845. The number of carbonyl (C=O) groups is 3. The van der Waals surface area contributed by atoms with Crippen molar-refractivity contribution in [3.05, 3.63) is 90.0 Å². The second-order valence-corrected chi connectivity index (χ2v) is 6.02. The SMILES string of the molecule is O=C=CCCCOC(=O)/C=C\C(=O)OOC(=O)C(c1ccccc1)c1ccccc1. The van der Waals surface area contributed by atoms with Crippen LogP contribution in [-0.4, -0.2) is 30.5 Å². The van der Waals surface area contributed by atoms with E-state index in [1.54, 1.807) is 54.5 Å². The van der Waals surface area contributed by atoms with Gasteiger partial charge in [-0.1, -0.05) is 60.7 Å². The number of rotatable bonds is 9. The van der Waals surface area contributed by atoms with Gasteiger partial charge in [-0.15, -0.1) is 0 Å². The molecule has 0 aliphatic rings. The first kappa shape index (κ1) is 22.3. The first-order chi connectivity index (χ1) is 14.6. The summed E-state index contributed by atoms with van der Waals surface area (Å²) in [6.07, 6.45) is 3.83. The molecule has 0 spiro atoms. The van der Waals surface area contributed by atoms with Crippen molar-refractivity contribution >= 4 is 23.8 Å². The van der Waals surface area contributed by atoms with E-state index in [1.165, 1.54) is 6.08 Å². The van der Waals surface area contributed by atoms with Gasteiger partial charge in [0.15, 0.2) is 0 Å². The number of hydrogen-bond acceptors (Lipinski definition) is 7. The van der Waals surface area contributed by atoms with E-state index < -0.39 is 23.8 Å². The van der Waals surface area contributed by atoms with Crippen molar-refractivity contribution in [2.75, 3.05) is 6.61 Å². The fourth-order valence-electron chi connectivity index (χ4n) is 2.51. The van der Waals surface area contributed by atoms with Crippen molar-refractivity contribution in [3.8, 4) is 0 Å². The Kier molecular flexibility index (Phi) is 9.30. The molecule has 0 unspecified atom stereocenters. The number of unbranched alkanes of at least 4 members (excludes halogenated alkanes) is 1. The van der Waals surface area contributed by atoms with Crippen LogP contribution in [0.3, 0.4) is 0 Å². The number of esters is 1. The summed E-state index contributed by atoms with van der Waals surface area (Å²) >= 11 is 0. The van der Waals surface area contributed by atoms with Gasteiger partial charge >= 0.3 is 17.9 Å². The van der Waals surface area contributed by atoms with E-state index >= 15 is 0 Å². The lowest BCUT2D eigenvalue weighted by atomic mass is 9.91. The third-order valence-corrected chi connectivity index (χ3v) is 3.88. The van der Waals surface area contributed by atoms with Gasteiger partial charge in [0.1, 0.15) is 11.9 Å². The summed E-state index contributed by atoms with van der Waals surface area (Å²) in [4.78, 5) is 55.0. The van der Waals surface area contributed by atoms with E-state index in [9.17, 15) is 19.2 Å². The van der Waals surface area contributed by atoms with Crippen LogP contribution >= 0.6 is 0 Å². The lowest BCUT2D eigenvalue weighted by Crippen LogP contribution is -2.19. The van der Waals surface area contributed by atoms with E-state index in [-0.39, 0.29) is 6.61 Å². The fraction of sp³-hybridized carbons (Fsp3) is 0.174. The predicted molar refractivity (Wildman–Crippen MR) is 107 cm³/mol. The summed E-state index contributed by atoms with van der Waals surface area (Å²) in [6.45, 7) is 0.0845. The fourth-order valence-corrected chi connectivity index (χ4v) is 2.51. The summed E-state index contributed by atoms with van der Waals surface area (Å²) in [5.41, 5.74) is 1.35. The van der Waals surface area contributed by atoms with E-state index in [0.717, 1.165) is 12.2 Å². The van der Waals surface area contributed by atoms with Crippen molar-refractivity contribution in [2.24, 2.45) is 0 Å². The number of hydrogen-bond donors (Lipinski definition) is 0. The largest absolute Gasteiger partial charge is 0.463 e. The minimum Gasteiger partial charge on any atom is -0.463 e. The van der Waals surface area contributed by atoms with Gasteiger partial charge in [0.25, 0.3) is 0 Å². The van der Waals surface area contributed by atoms with Crippen LogP contribution in [0.15, 0.2) is 78.9 Å². The van der Waals surface area contributed by atoms with Gasteiger partial charge in [-0.25, -0.2) is 29.0 Å². The van der Waals surface area contributed by atoms with Crippen LogP contribution in [0.5, 0.6) is 0 Å². The zero-order chi connectivity index (χ0) is 21.6. The van der Waals surface area contributed by atoms with Gasteiger partial charge in [0.2, 0.25) is 0 Å². The van der Waals surface area contributed by atoms with Crippen LogP contribution in [0.25, 0.3) is 0 Å². The zero-order valence-corrected chi connectivity index (χ0v) is 16.1. The van der Waals surface area contributed by atoms with Crippen molar-refractivity contribution in [1.29, 1.82) is 0 Å². The summed E-state index contributed by atoms with van der Waals surface area (Å²) in [5, 5.41) is 0. The van der Waals surface area contributed by atoms with Crippen molar-refractivity contribution in [3.63, 3.8) is 0 Å². The second-order valence-electron chi connectivity index (χ2n) is 6.02. The zero-order valence-electron chi connectivity index (χ0n) is 16.1. The average Bonchev–Trinajstić information content (AvgIpc) is 2.78. The highest BCUT2D eigenvalue weighted by Crippen LogP contribution is 2.26. The number of allylic oxidation sites excluding steroid dienone is 1. The maximum absolute atomic E-state index is 12.6. The molecule has 0 aromatic heterocycles. The molecule has 0 heterocycles. The van der Waals surface area contributed by atoms with Crippen molar-refractivity contribution in [2.45, 2.75) is 18.8 Å². The molecule has 0 fully saturated rings. The van der Waals surface area contributed by atoms with Crippen molar-refractivity contribution in [1.82, 2.24) is 0 Å². The monoisotopic (exact) mass is 408 g/mol. The molecule has 2 rings (SSSR count). The van der Waals surface area contributed by atoms with Gasteiger partial charge in [0.05, 0.1) is 6.61 Å². The molecule has 7 nitrogen and oxygen atoms in total. The lowest BCUT2D eigenvalue weighted by Gasteiger charge is -2.15. The Labute approximate surface area is 173 Å². The molecule has 0 N–H and O–H groups in total. The molecule has 0 radical (unpaired) electrons. The lowest BCUT2D eigenvalue weighted by molar-refractivity contribution is -0.255. The molecular formula is C23H20O7. The molecule has 2 aromatic carbocycles. The first-order valence-electron chi connectivity index (χ1n) is 9.18. The summed E-state index contributed by atoms with van der Waals surface area (Å²) in [6, 6.07) is 17.8. The van der Waals surface area contributed by atoms with E-state index in [2.05, 4.69) is 4.89 Å². The van der Waals surface area contributed by atoms with Crippen molar-refractivity contribution < 1.29 is 33.7 Å². The third-order valence-electron chi connectivity index (χ3n) is 3.88. The highest BCUT2D eigenvalue weighted by Gasteiger charge is 2.26. The van der Waals surface area contributed by atoms with Crippen LogP contribution in [0.4, 0.5) is 0 Å². The van der Waals surface area contributed by atoms with Gasteiger partial charge in [-0.3, -0.25) is 0 Å². The Morgan fingerprint density at radius 1 is 0.833 bits per heavy atom. The Balaban J connectivity index is 1.89. The van der Waals surface area contributed by atoms with E-state index in [4.69, 9.17) is 9.62 Å². The molecule has 0 bridgehead atoms. The molecule has 0 saturated heterocycles. The summed E-state index contributed by atoms with van der Waals surface area (Å²) in [5.74, 6) is -1.75. The van der Waals surface area contributed by atoms with E-state index in [1.807, 2.05) is 12.1 Å². The topological polar surface area (TPSA) is 96.0 Å². The highest BCUT2D eigenvalue weighted by molar-refractivity contribution is 5.92. The Morgan fingerprint density at radius 3 is 1.97 bits per heavy atom. The maximum Gasteiger partial charge on any atom is 0.379 e. The summed E-state index contributed by atoms with van der Waals surface area (Å²) < 4.78 is 4.83. The number of benzene rings is 2. The van der Waals surface area contributed by atoms with Gasteiger partial charge < -0.3 is 4.74 Å². The quantitative estimate of drug-likeness (QED) is 0.157. The second kappa shape index (κ2) is 12.5. The molecule has 0 aliphatic heterocycles. The highest BCUT2D eigenvalue weighted by atomic mass is 17.2. The summed E-state index contributed by atoms with van der Waals surface area (Å²) in [7, 11) is 0. The standard InChI is InChI=1S/C23H20O7/c24-16-8-3-9-17-28-20(25)14-15-21(26)29-30-23(27)22(18-10-4-1-5-11-18)19-12-6-2-7-13-19/h1-2,4-8,10-15,22H,3,9,17H2/b15-14-. The third kappa shape index (κ3) is 7.58. The minimum atomic E-state index is -1.04. The average molecular weight is 408 g/mol. The molecule has 0 amide bonds. The number of ether oxygens (including phenoxy) is 1.